The van der Waals surface area contributed by atoms with E-state index >= 15 is 0 Å². The molecular weight excluding hydrogens is 220 g/mol. The molecule has 4 nitrogen and oxygen atoms in total. The highest BCUT2D eigenvalue weighted by Crippen LogP contribution is 2.10. The van der Waals surface area contributed by atoms with Gasteiger partial charge < -0.3 is 5.32 Å². The number of hydrogen-bond donors (Lipinski definition) is 2. The summed E-state index contributed by atoms with van der Waals surface area (Å²) in [5, 5.41) is 11.2. The monoisotopic (exact) mass is 242 g/mol. The van der Waals surface area contributed by atoms with Crippen LogP contribution in [0.25, 0.3) is 0 Å². The maximum absolute atomic E-state index is 4.24. The Morgan fingerprint density at radius 3 is 2.81 bits per heavy atom. The summed E-state index contributed by atoms with van der Waals surface area (Å²) in [7, 11) is 0. The summed E-state index contributed by atoms with van der Waals surface area (Å²) < 4.78 is 0. The first-order chi connectivity index (χ1) is 7.83. The Bertz CT molecular complexity index is 275. The van der Waals surface area contributed by atoms with Crippen LogP contribution < -0.4 is 5.32 Å². The SMILES string of the molecule is CCCCCCNCCSc1n[nH]c(C)n1. The molecule has 0 fully saturated rings. The lowest BCUT2D eigenvalue weighted by Gasteiger charge is -2.02. The Kier molecular flexibility index (Phi) is 7.25. The van der Waals surface area contributed by atoms with E-state index in [4.69, 9.17) is 0 Å². The average molecular weight is 242 g/mol. The van der Waals surface area contributed by atoms with Gasteiger partial charge in [-0.1, -0.05) is 37.9 Å². The number of H-pyrrole nitrogens is 1. The molecule has 0 aliphatic rings. The molecule has 1 rings (SSSR count). The van der Waals surface area contributed by atoms with Gasteiger partial charge in [-0.3, -0.25) is 5.10 Å². The van der Waals surface area contributed by atoms with E-state index in [0.717, 1.165) is 29.8 Å². The largest absolute Gasteiger partial charge is 0.316 e. The molecule has 1 aromatic rings. The first-order valence-electron chi connectivity index (χ1n) is 6.05. The predicted octanol–water partition coefficient (Wildman–Crippen LogP) is 2.38. The Balaban J connectivity index is 1.88. The smallest absolute Gasteiger partial charge is 0.208 e. The standard InChI is InChI=1S/C11H22N4S/c1-3-4-5-6-7-12-8-9-16-11-13-10(2)14-15-11/h12H,3-9H2,1-2H3,(H,13,14,15). The van der Waals surface area contributed by atoms with E-state index in [-0.39, 0.29) is 0 Å². The van der Waals surface area contributed by atoms with E-state index in [9.17, 15) is 0 Å². The van der Waals surface area contributed by atoms with Crippen molar-refractivity contribution in [3.63, 3.8) is 0 Å². The van der Waals surface area contributed by atoms with Gasteiger partial charge in [-0.15, -0.1) is 5.10 Å². The zero-order valence-corrected chi connectivity index (χ0v) is 11.1. The van der Waals surface area contributed by atoms with E-state index in [1.54, 1.807) is 11.8 Å². The molecule has 5 heteroatoms. The number of aryl methyl sites for hydroxylation is 1. The van der Waals surface area contributed by atoms with Crippen molar-refractivity contribution < 1.29 is 0 Å². The molecule has 16 heavy (non-hydrogen) atoms. The number of rotatable bonds is 9. The van der Waals surface area contributed by atoms with E-state index < -0.39 is 0 Å². The van der Waals surface area contributed by atoms with Crippen molar-refractivity contribution in [2.75, 3.05) is 18.8 Å². The lowest BCUT2D eigenvalue weighted by atomic mass is 10.2. The second kappa shape index (κ2) is 8.58. The van der Waals surface area contributed by atoms with Gasteiger partial charge >= 0.3 is 0 Å². The Morgan fingerprint density at radius 1 is 1.25 bits per heavy atom. The van der Waals surface area contributed by atoms with Crippen LogP contribution in [0.5, 0.6) is 0 Å². The van der Waals surface area contributed by atoms with E-state index in [1.165, 1.54) is 25.7 Å². The quantitative estimate of drug-likeness (QED) is 0.515. The summed E-state index contributed by atoms with van der Waals surface area (Å²) in [4.78, 5) is 4.24. The van der Waals surface area contributed by atoms with Crippen LogP contribution in [0, 0.1) is 6.92 Å². The minimum atomic E-state index is 0.852. The molecule has 1 aromatic heterocycles. The van der Waals surface area contributed by atoms with Crippen LogP contribution >= 0.6 is 11.8 Å². The molecule has 0 atom stereocenters. The van der Waals surface area contributed by atoms with Gasteiger partial charge in [0, 0.05) is 12.3 Å². The van der Waals surface area contributed by atoms with Crippen LogP contribution in [0.1, 0.15) is 38.4 Å². The number of nitrogens with one attached hydrogen (secondary N) is 2. The van der Waals surface area contributed by atoms with Crippen LogP contribution in [-0.4, -0.2) is 34.0 Å². The highest BCUT2D eigenvalue weighted by Gasteiger charge is 1.99. The lowest BCUT2D eigenvalue weighted by Crippen LogP contribution is -2.18. The molecule has 1 heterocycles. The number of aromatic nitrogens is 3. The van der Waals surface area contributed by atoms with Gasteiger partial charge in [0.15, 0.2) is 0 Å². The molecule has 0 aliphatic heterocycles. The molecule has 0 saturated carbocycles. The molecule has 0 unspecified atom stereocenters. The molecule has 2 N–H and O–H groups in total. The van der Waals surface area contributed by atoms with Crippen molar-refractivity contribution in [1.29, 1.82) is 0 Å². The second-order valence-corrected chi connectivity index (χ2v) is 4.92. The fourth-order valence-corrected chi connectivity index (χ4v) is 2.14. The fourth-order valence-electron chi connectivity index (χ4n) is 1.40. The number of aromatic amines is 1. The number of nitrogens with zero attached hydrogens (tertiary/aromatic N) is 2. The molecule has 0 radical (unpaired) electrons. The third kappa shape index (κ3) is 6.12. The summed E-state index contributed by atoms with van der Waals surface area (Å²) in [5.74, 6) is 1.92. The summed E-state index contributed by atoms with van der Waals surface area (Å²) in [6.07, 6.45) is 5.29. The van der Waals surface area contributed by atoms with Gasteiger partial charge in [-0.05, 0) is 19.9 Å². The summed E-state index contributed by atoms with van der Waals surface area (Å²) in [6, 6.07) is 0. The maximum Gasteiger partial charge on any atom is 0.208 e. The van der Waals surface area contributed by atoms with E-state index in [1.807, 2.05) is 6.92 Å². The van der Waals surface area contributed by atoms with Crippen LogP contribution in [0.15, 0.2) is 5.16 Å². The fraction of sp³-hybridized carbons (Fsp3) is 0.818. The molecule has 0 aromatic carbocycles. The Labute approximate surface area is 102 Å². The van der Waals surface area contributed by atoms with Crippen LogP contribution in [0.2, 0.25) is 0 Å². The molecule has 0 bridgehead atoms. The normalized spacial score (nSPS) is 10.9. The molecule has 0 spiro atoms. The summed E-state index contributed by atoms with van der Waals surface area (Å²) >= 11 is 1.69. The molecule has 92 valence electrons. The summed E-state index contributed by atoms with van der Waals surface area (Å²) in [6.45, 7) is 6.32. The van der Waals surface area contributed by atoms with Crippen molar-refractivity contribution in [2.24, 2.45) is 0 Å². The summed E-state index contributed by atoms with van der Waals surface area (Å²) in [5.41, 5.74) is 0. The minimum absolute atomic E-state index is 0.852. The van der Waals surface area contributed by atoms with Gasteiger partial charge in [0.2, 0.25) is 5.16 Å². The third-order valence-electron chi connectivity index (χ3n) is 2.29. The molecule has 0 amide bonds. The topological polar surface area (TPSA) is 53.6 Å². The van der Waals surface area contributed by atoms with Crippen molar-refractivity contribution in [2.45, 2.75) is 44.7 Å². The van der Waals surface area contributed by atoms with Crippen LogP contribution in [0.3, 0.4) is 0 Å². The first kappa shape index (κ1) is 13.5. The Morgan fingerprint density at radius 2 is 2.12 bits per heavy atom. The third-order valence-corrected chi connectivity index (χ3v) is 3.14. The zero-order chi connectivity index (χ0) is 11.6. The van der Waals surface area contributed by atoms with Gasteiger partial charge in [-0.25, -0.2) is 4.98 Å². The van der Waals surface area contributed by atoms with Gasteiger partial charge in [0.05, 0.1) is 0 Å². The van der Waals surface area contributed by atoms with E-state index in [2.05, 4.69) is 27.4 Å². The Hall–Kier alpha value is -0.550. The van der Waals surface area contributed by atoms with Gasteiger partial charge in [0.25, 0.3) is 0 Å². The molecular formula is C11H22N4S. The predicted molar refractivity (Wildman–Crippen MR) is 68.9 cm³/mol. The van der Waals surface area contributed by atoms with Crippen molar-refractivity contribution in [3.8, 4) is 0 Å². The highest BCUT2D eigenvalue weighted by molar-refractivity contribution is 7.99. The van der Waals surface area contributed by atoms with Crippen LogP contribution in [0.4, 0.5) is 0 Å². The number of thioether (sulfide) groups is 1. The van der Waals surface area contributed by atoms with Gasteiger partial charge in [0.1, 0.15) is 5.82 Å². The van der Waals surface area contributed by atoms with Crippen LogP contribution in [-0.2, 0) is 0 Å². The van der Waals surface area contributed by atoms with Crippen molar-refractivity contribution in [3.05, 3.63) is 5.82 Å². The highest BCUT2D eigenvalue weighted by atomic mass is 32.2. The molecule has 0 saturated heterocycles. The van der Waals surface area contributed by atoms with Crippen molar-refractivity contribution >= 4 is 11.8 Å². The van der Waals surface area contributed by atoms with E-state index in [0.29, 0.717) is 0 Å². The van der Waals surface area contributed by atoms with Crippen molar-refractivity contribution in [1.82, 2.24) is 20.5 Å². The number of hydrogen-bond acceptors (Lipinski definition) is 4. The zero-order valence-electron chi connectivity index (χ0n) is 10.3. The molecule has 0 aliphatic carbocycles. The van der Waals surface area contributed by atoms with Gasteiger partial charge in [-0.2, -0.15) is 0 Å². The lowest BCUT2D eigenvalue weighted by molar-refractivity contribution is 0.612. The average Bonchev–Trinajstić information content (AvgIpc) is 2.68. The minimum Gasteiger partial charge on any atom is -0.316 e. The first-order valence-corrected chi connectivity index (χ1v) is 7.04. The maximum atomic E-state index is 4.24. The number of unbranched alkanes of at least 4 members (excludes halogenated alkanes) is 3. The second-order valence-electron chi connectivity index (χ2n) is 3.86.